The van der Waals surface area contributed by atoms with Crippen molar-refractivity contribution in [2.75, 3.05) is 11.9 Å². The van der Waals surface area contributed by atoms with Crippen molar-refractivity contribution < 1.29 is 13.6 Å². The van der Waals surface area contributed by atoms with E-state index in [-0.39, 0.29) is 0 Å². The molecule has 1 aromatic carbocycles. The summed E-state index contributed by atoms with van der Waals surface area (Å²) in [6, 6.07) is 3.29. The van der Waals surface area contributed by atoms with Gasteiger partial charge >= 0.3 is 6.09 Å². The summed E-state index contributed by atoms with van der Waals surface area (Å²) in [6.45, 7) is 6.15. The molecule has 100 valence electrons. The van der Waals surface area contributed by atoms with Gasteiger partial charge in [0.1, 0.15) is 5.60 Å². The maximum atomic E-state index is 12.2. The molecule has 0 aliphatic rings. The van der Waals surface area contributed by atoms with Gasteiger partial charge in [0.15, 0.2) is 0 Å². The quantitative estimate of drug-likeness (QED) is 0.766. The molecule has 0 saturated carbocycles. The number of ether oxygens (including phenoxy) is 1. The Labute approximate surface area is 121 Å². The molecule has 0 bridgehead atoms. The Bertz CT molecular complexity index is 527. The Morgan fingerprint density at radius 3 is 2.22 bits per heavy atom. The highest BCUT2D eigenvalue weighted by Gasteiger charge is 2.21. The normalized spacial score (nSPS) is 14.4. The monoisotopic (exact) mass is 316 g/mol. The van der Waals surface area contributed by atoms with Crippen molar-refractivity contribution in [2.45, 2.75) is 40.2 Å². The van der Waals surface area contributed by atoms with Gasteiger partial charge in [-0.1, -0.05) is 15.9 Å². The highest BCUT2D eigenvalue weighted by molar-refractivity contribution is 9.10. The molecule has 0 atom stereocenters. The fourth-order valence-electron chi connectivity index (χ4n) is 1.47. The summed E-state index contributed by atoms with van der Waals surface area (Å²) in [5, 5.41) is 0. The number of carbonyl (C=O) groups is 1. The molecule has 0 heterocycles. The molecular formula is C14H20BrNO2. The largest absolute Gasteiger partial charge is 0.443 e. The minimum Gasteiger partial charge on any atom is -0.443 e. The predicted octanol–water partition coefficient (Wildman–Crippen LogP) is 4.44. The number of anilines is 1. The summed E-state index contributed by atoms with van der Waals surface area (Å²) in [6.07, 6.45) is -0.886. The summed E-state index contributed by atoms with van der Waals surface area (Å²) >= 11 is 3.42. The smallest absolute Gasteiger partial charge is 0.414 e. The summed E-state index contributed by atoms with van der Waals surface area (Å²) in [5.74, 6) is 0. The predicted molar refractivity (Wildman–Crippen MR) is 78.3 cm³/mol. The lowest BCUT2D eigenvalue weighted by molar-refractivity contribution is 0.0589. The molecule has 4 heteroatoms. The zero-order chi connectivity index (χ0) is 16.6. The maximum absolute atomic E-state index is 12.2. The third-order valence-corrected chi connectivity index (χ3v) is 3.51. The summed E-state index contributed by atoms with van der Waals surface area (Å²) in [4.78, 5) is 13.0. The van der Waals surface area contributed by atoms with Crippen LogP contribution in [0.2, 0.25) is 0 Å². The second-order valence-corrected chi connectivity index (χ2v) is 6.00. The topological polar surface area (TPSA) is 29.5 Å². The van der Waals surface area contributed by atoms with Gasteiger partial charge in [0.25, 0.3) is 0 Å². The minimum absolute atomic E-state index is 0.294. The Hall–Kier alpha value is -1.03. The van der Waals surface area contributed by atoms with E-state index in [2.05, 4.69) is 15.9 Å². The molecule has 0 unspecified atom stereocenters. The van der Waals surface area contributed by atoms with Gasteiger partial charge in [-0.25, -0.2) is 4.79 Å². The molecule has 0 saturated heterocycles. The molecule has 18 heavy (non-hydrogen) atoms. The van der Waals surface area contributed by atoms with Crippen LogP contribution in [0.5, 0.6) is 0 Å². The van der Waals surface area contributed by atoms with Crippen molar-refractivity contribution in [1.82, 2.24) is 0 Å². The van der Waals surface area contributed by atoms with Crippen LogP contribution in [0.15, 0.2) is 16.6 Å². The number of nitrogens with zero attached hydrogens (tertiary/aromatic N) is 1. The van der Waals surface area contributed by atoms with E-state index in [9.17, 15) is 4.79 Å². The molecule has 0 aliphatic carbocycles. The highest BCUT2D eigenvalue weighted by atomic mass is 79.9. The lowest BCUT2D eigenvalue weighted by Crippen LogP contribution is -2.34. The van der Waals surface area contributed by atoms with Crippen LogP contribution in [0.4, 0.5) is 10.5 Å². The van der Waals surface area contributed by atoms with Gasteiger partial charge in [0.05, 0.1) is 0 Å². The zero-order valence-electron chi connectivity index (χ0n) is 14.3. The number of hydrogen-bond acceptors (Lipinski definition) is 2. The van der Waals surface area contributed by atoms with Crippen LogP contribution in [0.25, 0.3) is 0 Å². The van der Waals surface area contributed by atoms with Crippen LogP contribution in [0.1, 0.15) is 36.0 Å². The van der Waals surface area contributed by atoms with Gasteiger partial charge in [-0.2, -0.15) is 0 Å². The first-order chi connectivity index (χ1) is 9.33. The first-order valence-electron chi connectivity index (χ1n) is 7.13. The molecule has 1 aromatic rings. The fourth-order valence-corrected chi connectivity index (χ4v) is 1.69. The van der Waals surface area contributed by atoms with Gasteiger partial charge in [-0.05, 0) is 57.9 Å². The van der Waals surface area contributed by atoms with Crippen LogP contribution in [-0.4, -0.2) is 18.7 Å². The summed E-state index contributed by atoms with van der Waals surface area (Å²) < 4.78 is 28.9. The molecule has 1 amide bonds. The van der Waals surface area contributed by atoms with Gasteiger partial charge in [-0.3, -0.25) is 4.90 Å². The molecule has 0 radical (unpaired) electrons. The molecule has 0 fully saturated rings. The SMILES string of the molecule is [2H]C([2H])([2H])N(C(=O)OC(C)(C)C)c1cc(C)c(Br)c(C)c1. The van der Waals surface area contributed by atoms with Crippen LogP contribution in [-0.2, 0) is 4.74 Å². The van der Waals surface area contributed by atoms with Crippen molar-refractivity contribution in [2.24, 2.45) is 0 Å². The summed E-state index contributed by atoms with van der Waals surface area (Å²) in [7, 11) is 0. The molecular weight excluding hydrogens is 294 g/mol. The molecule has 0 aliphatic heterocycles. The van der Waals surface area contributed by atoms with E-state index in [4.69, 9.17) is 8.85 Å². The lowest BCUT2D eigenvalue weighted by atomic mass is 10.1. The third kappa shape index (κ3) is 3.73. The highest BCUT2D eigenvalue weighted by Crippen LogP contribution is 2.27. The first kappa shape index (κ1) is 10.9. The second kappa shape index (κ2) is 5.31. The molecule has 0 aromatic heterocycles. The van der Waals surface area contributed by atoms with E-state index in [0.717, 1.165) is 15.6 Å². The lowest BCUT2D eigenvalue weighted by Gasteiger charge is -2.25. The number of aryl methyl sites for hydroxylation is 2. The molecule has 0 spiro atoms. The Morgan fingerprint density at radius 2 is 1.83 bits per heavy atom. The molecule has 0 N–H and O–H groups in total. The number of halogens is 1. The summed E-state index contributed by atoms with van der Waals surface area (Å²) in [5.41, 5.74) is 1.23. The van der Waals surface area contributed by atoms with Crippen molar-refractivity contribution in [3.63, 3.8) is 0 Å². The Balaban J connectivity index is 3.31. The number of carbonyl (C=O) groups excluding carboxylic acids is 1. The number of rotatable bonds is 1. The molecule has 1 rings (SSSR count). The first-order valence-corrected chi connectivity index (χ1v) is 6.42. The maximum Gasteiger partial charge on any atom is 0.414 e. The van der Waals surface area contributed by atoms with E-state index in [1.807, 2.05) is 13.8 Å². The average Bonchev–Trinajstić information content (AvgIpc) is 2.20. The van der Waals surface area contributed by atoms with E-state index in [0.29, 0.717) is 10.6 Å². The van der Waals surface area contributed by atoms with E-state index in [1.54, 1.807) is 32.9 Å². The van der Waals surface area contributed by atoms with Crippen LogP contribution in [0, 0.1) is 13.8 Å². The second-order valence-electron chi connectivity index (χ2n) is 5.21. The van der Waals surface area contributed by atoms with Gasteiger partial charge < -0.3 is 4.74 Å². The van der Waals surface area contributed by atoms with Crippen LogP contribution in [0.3, 0.4) is 0 Å². The average molecular weight is 317 g/mol. The van der Waals surface area contributed by atoms with Crippen molar-refractivity contribution in [1.29, 1.82) is 0 Å². The third-order valence-electron chi connectivity index (χ3n) is 2.26. The van der Waals surface area contributed by atoms with Crippen LogP contribution < -0.4 is 4.90 Å². The van der Waals surface area contributed by atoms with Crippen molar-refractivity contribution >= 4 is 27.7 Å². The fraction of sp³-hybridized carbons (Fsp3) is 0.500. The van der Waals surface area contributed by atoms with E-state index in [1.165, 1.54) is 0 Å². The van der Waals surface area contributed by atoms with Crippen molar-refractivity contribution in [3.8, 4) is 0 Å². The number of hydrogen-bond donors (Lipinski definition) is 0. The molecule has 3 nitrogen and oxygen atoms in total. The minimum atomic E-state index is -2.62. The van der Waals surface area contributed by atoms with Crippen molar-refractivity contribution in [3.05, 3.63) is 27.7 Å². The van der Waals surface area contributed by atoms with E-state index >= 15 is 0 Å². The Kier molecular flexibility index (Phi) is 3.20. The standard InChI is InChI=1S/C14H20BrNO2/c1-9-7-11(8-10(2)12(9)15)16(6)13(17)18-14(3,4)5/h7-8H,1-6H3/i6D3. The number of amides is 1. The Morgan fingerprint density at radius 1 is 1.33 bits per heavy atom. The van der Waals surface area contributed by atoms with Gasteiger partial charge in [-0.15, -0.1) is 0 Å². The number of benzene rings is 1. The zero-order valence-corrected chi connectivity index (χ0v) is 12.9. The van der Waals surface area contributed by atoms with E-state index < -0.39 is 18.7 Å². The van der Waals surface area contributed by atoms with Gasteiger partial charge in [0, 0.05) is 21.2 Å². The van der Waals surface area contributed by atoms with Crippen LogP contribution >= 0.6 is 15.9 Å². The van der Waals surface area contributed by atoms with Gasteiger partial charge in [0.2, 0.25) is 0 Å².